The molecule has 1 atom stereocenters. The molecule has 0 saturated heterocycles. The van der Waals surface area contributed by atoms with Crippen molar-refractivity contribution in [3.63, 3.8) is 0 Å². The van der Waals surface area contributed by atoms with Gasteiger partial charge in [0.05, 0.1) is 13.2 Å². The summed E-state index contributed by atoms with van der Waals surface area (Å²) < 4.78 is 9.99. The van der Waals surface area contributed by atoms with Crippen molar-refractivity contribution in [1.29, 1.82) is 0 Å². The highest BCUT2D eigenvalue weighted by Crippen LogP contribution is 2.31. The molecule has 18 heavy (non-hydrogen) atoms. The molecule has 0 amide bonds. The third kappa shape index (κ3) is 14.6. The Hall–Kier alpha value is 0.560. The number of hydrogen-bond donors (Lipinski definition) is 2. The fraction of sp³-hybridized carbons (Fsp3) is 1.00. The van der Waals surface area contributed by atoms with Crippen molar-refractivity contribution in [1.82, 2.24) is 5.32 Å². The summed E-state index contributed by atoms with van der Waals surface area (Å²) in [6, 6.07) is 0. The molecule has 110 valence electrons. The van der Waals surface area contributed by atoms with E-state index in [-0.39, 0.29) is 0 Å². The molecule has 0 aromatic rings. The Morgan fingerprint density at radius 1 is 1.00 bits per heavy atom. The van der Waals surface area contributed by atoms with Crippen molar-refractivity contribution in [3.05, 3.63) is 0 Å². The normalized spacial score (nSPS) is 12.8. The molecule has 0 saturated carbocycles. The first-order chi connectivity index (χ1) is 8.81. The third-order valence-electron chi connectivity index (χ3n) is 2.47. The van der Waals surface area contributed by atoms with Crippen LogP contribution in [-0.4, -0.2) is 37.1 Å². The van der Waals surface area contributed by atoms with Gasteiger partial charge in [0.1, 0.15) is 0 Å². The van der Waals surface area contributed by atoms with Gasteiger partial charge in [-0.2, -0.15) is 0 Å². The zero-order valence-electron chi connectivity index (χ0n) is 11.4. The zero-order valence-corrected chi connectivity index (χ0v) is 13.0. The second-order valence-corrected chi connectivity index (χ2v) is 5.48. The van der Waals surface area contributed by atoms with Gasteiger partial charge in [-0.3, -0.25) is 0 Å². The minimum atomic E-state index is -1.75. The van der Waals surface area contributed by atoms with Crippen LogP contribution in [-0.2, 0) is 9.05 Å². The molecule has 0 aromatic heterocycles. The average molecular weight is 300 g/mol. The molecule has 4 nitrogen and oxygen atoms in total. The lowest BCUT2D eigenvalue weighted by Crippen LogP contribution is -2.20. The molecule has 0 heterocycles. The maximum Gasteiger partial charge on any atom is 0.329 e. The highest BCUT2D eigenvalue weighted by molar-refractivity contribution is 7.40. The molecule has 0 fully saturated rings. The molecule has 0 radical (unpaired) electrons. The van der Waals surface area contributed by atoms with Crippen LogP contribution in [0.4, 0.5) is 0 Å². The number of alkyl halides is 1. The molecule has 0 spiro atoms. The highest BCUT2D eigenvalue weighted by Gasteiger charge is 2.04. The van der Waals surface area contributed by atoms with Crippen molar-refractivity contribution in [2.75, 3.05) is 32.2 Å². The second-order valence-electron chi connectivity index (χ2n) is 4.11. The summed E-state index contributed by atoms with van der Waals surface area (Å²) in [5.41, 5.74) is 0. The molecule has 2 N–H and O–H groups in total. The van der Waals surface area contributed by atoms with Gasteiger partial charge >= 0.3 is 8.60 Å². The van der Waals surface area contributed by atoms with E-state index >= 15 is 0 Å². The van der Waals surface area contributed by atoms with Crippen LogP contribution >= 0.6 is 20.2 Å². The molecule has 0 rings (SSSR count). The summed E-state index contributed by atoms with van der Waals surface area (Å²) in [6.45, 7) is 4.80. The van der Waals surface area contributed by atoms with Gasteiger partial charge in [-0.05, 0) is 13.0 Å². The first-order valence-electron chi connectivity index (χ1n) is 6.82. The van der Waals surface area contributed by atoms with Crippen LogP contribution < -0.4 is 5.32 Å². The van der Waals surface area contributed by atoms with Crippen LogP contribution in [0.5, 0.6) is 0 Å². The molecular formula is C12H27ClNO3P. The Labute approximate surface area is 117 Å². The summed E-state index contributed by atoms with van der Waals surface area (Å²) in [4.78, 5) is 9.24. The average Bonchev–Trinajstić information content (AvgIpc) is 2.38. The van der Waals surface area contributed by atoms with E-state index in [1.165, 1.54) is 38.5 Å². The molecule has 0 bridgehead atoms. The standard InChI is InChI=1S/C12H27ClNO3P/c1-2-3-4-5-6-7-9-14-10-12-17-18(15)16-11-8-13/h14-15H,2-12H2,1H3. The molecule has 0 aliphatic rings. The van der Waals surface area contributed by atoms with Gasteiger partial charge < -0.3 is 19.3 Å². The van der Waals surface area contributed by atoms with Crippen LogP contribution in [0.3, 0.4) is 0 Å². The lowest BCUT2D eigenvalue weighted by atomic mass is 10.1. The molecular weight excluding hydrogens is 273 g/mol. The van der Waals surface area contributed by atoms with Gasteiger partial charge in [-0.25, -0.2) is 0 Å². The lowest BCUT2D eigenvalue weighted by Gasteiger charge is -2.10. The predicted octanol–water partition coefficient (Wildman–Crippen LogP) is 3.43. The third-order valence-corrected chi connectivity index (χ3v) is 3.43. The van der Waals surface area contributed by atoms with Crippen LogP contribution in [0.25, 0.3) is 0 Å². The summed E-state index contributed by atoms with van der Waals surface area (Å²) in [7, 11) is -1.75. The molecule has 0 aliphatic heterocycles. The summed E-state index contributed by atoms with van der Waals surface area (Å²) in [5, 5.41) is 3.28. The van der Waals surface area contributed by atoms with Crippen molar-refractivity contribution < 1.29 is 13.9 Å². The van der Waals surface area contributed by atoms with Crippen molar-refractivity contribution in [3.8, 4) is 0 Å². The fourth-order valence-corrected chi connectivity index (χ4v) is 2.26. The maximum atomic E-state index is 9.24. The number of rotatable bonds is 14. The van der Waals surface area contributed by atoms with Crippen molar-refractivity contribution in [2.24, 2.45) is 0 Å². The Balaban J connectivity index is 3.02. The topological polar surface area (TPSA) is 50.7 Å². The zero-order chi connectivity index (χ0) is 13.5. The van der Waals surface area contributed by atoms with Crippen LogP contribution in [0.15, 0.2) is 0 Å². The van der Waals surface area contributed by atoms with E-state index < -0.39 is 8.60 Å². The minimum Gasteiger partial charge on any atom is -0.328 e. The lowest BCUT2D eigenvalue weighted by molar-refractivity contribution is 0.208. The second kappa shape index (κ2) is 15.6. The SMILES string of the molecule is CCCCCCCCNCCOP(O)OCCCl. The van der Waals surface area contributed by atoms with E-state index in [4.69, 9.17) is 20.6 Å². The smallest absolute Gasteiger partial charge is 0.328 e. The Bertz CT molecular complexity index is 166. The molecule has 0 aromatic carbocycles. The number of halogens is 1. The summed E-state index contributed by atoms with van der Waals surface area (Å²) in [6.07, 6.45) is 7.83. The minimum absolute atomic E-state index is 0.328. The van der Waals surface area contributed by atoms with Gasteiger partial charge in [0.2, 0.25) is 0 Å². The first-order valence-corrected chi connectivity index (χ1v) is 8.49. The fourth-order valence-electron chi connectivity index (χ4n) is 1.50. The largest absolute Gasteiger partial charge is 0.329 e. The van der Waals surface area contributed by atoms with Gasteiger partial charge in [0, 0.05) is 12.4 Å². The predicted molar refractivity (Wildman–Crippen MR) is 78.0 cm³/mol. The van der Waals surface area contributed by atoms with E-state index in [9.17, 15) is 4.89 Å². The number of unbranched alkanes of at least 4 members (excludes halogenated alkanes) is 5. The Morgan fingerprint density at radius 3 is 2.39 bits per heavy atom. The van der Waals surface area contributed by atoms with Crippen LogP contribution in [0.2, 0.25) is 0 Å². The van der Waals surface area contributed by atoms with E-state index in [0.717, 1.165) is 13.1 Å². The van der Waals surface area contributed by atoms with E-state index in [1.807, 2.05) is 0 Å². The molecule has 0 aliphatic carbocycles. The first kappa shape index (κ1) is 18.6. The maximum absolute atomic E-state index is 9.24. The van der Waals surface area contributed by atoms with Crippen LogP contribution in [0.1, 0.15) is 45.4 Å². The number of hydrogen-bond acceptors (Lipinski definition) is 4. The van der Waals surface area contributed by atoms with Crippen LogP contribution in [0, 0.1) is 0 Å². The van der Waals surface area contributed by atoms with Gasteiger partial charge in [-0.1, -0.05) is 39.0 Å². The highest BCUT2D eigenvalue weighted by atomic mass is 35.5. The van der Waals surface area contributed by atoms with Crippen molar-refractivity contribution >= 4 is 20.2 Å². The quantitative estimate of drug-likeness (QED) is 0.293. The van der Waals surface area contributed by atoms with E-state index in [0.29, 0.717) is 19.1 Å². The molecule has 1 unspecified atom stereocenters. The summed E-state index contributed by atoms with van der Waals surface area (Å²) in [5.74, 6) is 0.374. The van der Waals surface area contributed by atoms with E-state index in [2.05, 4.69) is 12.2 Å². The van der Waals surface area contributed by atoms with Gasteiger partial charge in [0.25, 0.3) is 0 Å². The monoisotopic (exact) mass is 299 g/mol. The molecule has 6 heteroatoms. The Morgan fingerprint density at radius 2 is 1.67 bits per heavy atom. The van der Waals surface area contributed by atoms with E-state index in [1.54, 1.807) is 0 Å². The Kier molecular flexibility index (Phi) is 16.1. The van der Waals surface area contributed by atoms with Crippen molar-refractivity contribution in [2.45, 2.75) is 45.4 Å². The number of nitrogens with one attached hydrogen (secondary N) is 1. The van der Waals surface area contributed by atoms with Gasteiger partial charge in [0.15, 0.2) is 0 Å². The van der Waals surface area contributed by atoms with Gasteiger partial charge in [-0.15, -0.1) is 11.6 Å². The summed E-state index contributed by atoms with van der Waals surface area (Å²) >= 11 is 5.42.